The minimum absolute atomic E-state index is 0.312. The van der Waals surface area contributed by atoms with Crippen LogP contribution < -0.4 is 5.73 Å². The third-order valence-electron chi connectivity index (χ3n) is 2.38. The lowest BCUT2D eigenvalue weighted by atomic mass is 10.2. The molecule has 0 fully saturated rings. The fourth-order valence-corrected chi connectivity index (χ4v) is 1.58. The molecule has 1 aromatic carbocycles. The van der Waals surface area contributed by atoms with Gasteiger partial charge in [0.25, 0.3) is 0 Å². The monoisotopic (exact) mass is 190 g/mol. The Labute approximate surface area is 82.7 Å². The van der Waals surface area contributed by atoms with Crippen molar-refractivity contribution in [3.63, 3.8) is 0 Å². The van der Waals surface area contributed by atoms with Gasteiger partial charge >= 0.3 is 0 Å². The normalized spacial score (nSPS) is 13.3. The molecular weight excluding hydrogens is 176 g/mol. The molecule has 2 aromatic rings. The van der Waals surface area contributed by atoms with Gasteiger partial charge in [-0.3, -0.25) is 0 Å². The fourth-order valence-electron chi connectivity index (χ4n) is 1.58. The molecule has 1 aromatic heterocycles. The summed E-state index contributed by atoms with van der Waals surface area (Å²) in [6.07, 6.45) is 0.924. The Bertz CT molecular complexity index is 421. The minimum atomic E-state index is 0.312. The summed E-state index contributed by atoms with van der Waals surface area (Å²) in [6, 6.07) is 8.27. The van der Waals surface area contributed by atoms with E-state index in [0.29, 0.717) is 12.6 Å². The van der Waals surface area contributed by atoms with E-state index in [1.807, 2.05) is 28.9 Å². The summed E-state index contributed by atoms with van der Waals surface area (Å²) in [5.74, 6) is 0. The highest BCUT2D eigenvalue weighted by atomic mass is 15.4. The number of para-hydroxylation sites is 1. The average molecular weight is 190 g/mol. The second-order valence-electron chi connectivity index (χ2n) is 3.45. The molecule has 0 aliphatic heterocycles. The Kier molecular flexibility index (Phi) is 2.45. The van der Waals surface area contributed by atoms with Gasteiger partial charge in [-0.05, 0) is 32.0 Å². The van der Waals surface area contributed by atoms with E-state index in [1.54, 1.807) is 0 Å². The number of nitrogens with zero attached hydrogens (tertiary/aromatic N) is 3. The SMILES string of the molecule is CC(CCN)n1nnc2ccccc21. The minimum Gasteiger partial charge on any atom is -0.330 e. The highest BCUT2D eigenvalue weighted by Crippen LogP contribution is 2.16. The maximum atomic E-state index is 5.52. The lowest BCUT2D eigenvalue weighted by Gasteiger charge is -2.10. The smallest absolute Gasteiger partial charge is 0.113 e. The van der Waals surface area contributed by atoms with Crippen LogP contribution in [0.5, 0.6) is 0 Å². The maximum Gasteiger partial charge on any atom is 0.113 e. The average Bonchev–Trinajstić information content (AvgIpc) is 2.61. The summed E-state index contributed by atoms with van der Waals surface area (Å²) < 4.78 is 1.93. The van der Waals surface area contributed by atoms with Gasteiger partial charge in [0.05, 0.1) is 11.6 Å². The van der Waals surface area contributed by atoms with Gasteiger partial charge in [0.15, 0.2) is 0 Å². The predicted molar refractivity (Wildman–Crippen MR) is 55.9 cm³/mol. The van der Waals surface area contributed by atoms with Crippen molar-refractivity contribution >= 4 is 11.0 Å². The van der Waals surface area contributed by atoms with Crippen LogP contribution in [0.15, 0.2) is 24.3 Å². The molecule has 0 amide bonds. The molecule has 0 saturated heterocycles. The lowest BCUT2D eigenvalue weighted by molar-refractivity contribution is 0.466. The van der Waals surface area contributed by atoms with Crippen LogP contribution in [-0.2, 0) is 0 Å². The Morgan fingerprint density at radius 2 is 2.21 bits per heavy atom. The third-order valence-corrected chi connectivity index (χ3v) is 2.38. The van der Waals surface area contributed by atoms with Gasteiger partial charge in [-0.2, -0.15) is 0 Å². The van der Waals surface area contributed by atoms with E-state index >= 15 is 0 Å². The fraction of sp³-hybridized carbons (Fsp3) is 0.400. The molecule has 1 unspecified atom stereocenters. The van der Waals surface area contributed by atoms with Crippen molar-refractivity contribution in [1.29, 1.82) is 0 Å². The molecule has 0 saturated carbocycles. The highest BCUT2D eigenvalue weighted by Gasteiger charge is 2.09. The van der Waals surface area contributed by atoms with Gasteiger partial charge in [0.2, 0.25) is 0 Å². The molecule has 14 heavy (non-hydrogen) atoms. The highest BCUT2D eigenvalue weighted by molar-refractivity contribution is 5.73. The zero-order valence-electron chi connectivity index (χ0n) is 8.22. The second-order valence-corrected chi connectivity index (χ2v) is 3.45. The molecule has 0 radical (unpaired) electrons. The van der Waals surface area contributed by atoms with E-state index in [2.05, 4.69) is 17.2 Å². The van der Waals surface area contributed by atoms with Crippen LogP contribution in [0.25, 0.3) is 11.0 Å². The topological polar surface area (TPSA) is 56.7 Å². The van der Waals surface area contributed by atoms with E-state index in [1.165, 1.54) is 0 Å². The number of aromatic nitrogens is 3. The summed E-state index contributed by atoms with van der Waals surface area (Å²) in [4.78, 5) is 0. The molecule has 0 aliphatic carbocycles. The standard InChI is InChI=1S/C10H14N4/c1-8(6-7-11)14-10-5-3-2-4-9(10)12-13-14/h2-5,8H,6-7,11H2,1H3. The predicted octanol–water partition coefficient (Wildman–Crippen LogP) is 1.34. The zero-order chi connectivity index (χ0) is 9.97. The second kappa shape index (κ2) is 3.75. The van der Waals surface area contributed by atoms with Crippen LogP contribution in [0.4, 0.5) is 0 Å². The number of fused-ring (bicyclic) bond motifs is 1. The van der Waals surface area contributed by atoms with Crippen LogP contribution in [0.1, 0.15) is 19.4 Å². The van der Waals surface area contributed by atoms with E-state index in [0.717, 1.165) is 17.5 Å². The number of nitrogens with two attached hydrogens (primary N) is 1. The first-order valence-corrected chi connectivity index (χ1v) is 4.83. The van der Waals surface area contributed by atoms with Crippen molar-refractivity contribution in [2.75, 3.05) is 6.54 Å². The molecule has 2 N–H and O–H groups in total. The van der Waals surface area contributed by atoms with E-state index in [-0.39, 0.29) is 0 Å². The Morgan fingerprint density at radius 3 is 3.00 bits per heavy atom. The van der Waals surface area contributed by atoms with Crippen LogP contribution in [-0.4, -0.2) is 21.5 Å². The summed E-state index contributed by atoms with van der Waals surface area (Å²) in [6.45, 7) is 2.78. The Balaban J connectivity index is 2.42. The van der Waals surface area contributed by atoms with Crippen molar-refractivity contribution in [2.45, 2.75) is 19.4 Å². The van der Waals surface area contributed by atoms with Crippen molar-refractivity contribution < 1.29 is 0 Å². The molecule has 0 bridgehead atoms. The summed E-state index contributed by atoms with van der Waals surface area (Å²) >= 11 is 0. The number of hydrogen-bond donors (Lipinski definition) is 1. The lowest BCUT2D eigenvalue weighted by Crippen LogP contribution is -2.12. The molecule has 0 aliphatic rings. The van der Waals surface area contributed by atoms with Crippen LogP contribution in [0.2, 0.25) is 0 Å². The first kappa shape index (κ1) is 9.15. The van der Waals surface area contributed by atoms with Crippen LogP contribution in [0, 0.1) is 0 Å². The third kappa shape index (κ3) is 1.48. The summed E-state index contributed by atoms with van der Waals surface area (Å²) in [5.41, 5.74) is 7.54. The van der Waals surface area contributed by atoms with Crippen molar-refractivity contribution in [3.8, 4) is 0 Å². The van der Waals surface area contributed by atoms with Gasteiger partial charge < -0.3 is 5.73 Å². The molecule has 1 heterocycles. The van der Waals surface area contributed by atoms with Gasteiger partial charge in [0.1, 0.15) is 5.52 Å². The molecule has 4 nitrogen and oxygen atoms in total. The maximum absolute atomic E-state index is 5.52. The largest absolute Gasteiger partial charge is 0.330 e. The number of benzene rings is 1. The number of rotatable bonds is 3. The first-order valence-electron chi connectivity index (χ1n) is 4.83. The quantitative estimate of drug-likeness (QED) is 0.794. The summed E-state index contributed by atoms with van der Waals surface area (Å²) in [5, 5.41) is 8.22. The molecule has 1 atom stereocenters. The molecule has 2 rings (SSSR count). The number of hydrogen-bond acceptors (Lipinski definition) is 3. The molecule has 4 heteroatoms. The van der Waals surface area contributed by atoms with E-state index in [9.17, 15) is 0 Å². The summed E-state index contributed by atoms with van der Waals surface area (Å²) in [7, 11) is 0. The molecule has 0 spiro atoms. The van der Waals surface area contributed by atoms with Crippen molar-refractivity contribution in [3.05, 3.63) is 24.3 Å². The Morgan fingerprint density at radius 1 is 1.43 bits per heavy atom. The first-order chi connectivity index (χ1) is 6.83. The zero-order valence-corrected chi connectivity index (χ0v) is 8.22. The molecular formula is C10H14N4. The van der Waals surface area contributed by atoms with Gasteiger partial charge in [-0.15, -0.1) is 5.10 Å². The van der Waals surface area contributed by atoms with Gasteiger partial charge in [-0.1, -0.05) is 17.3 Å². The molecule has 74 valence electrons. The van der Waals surface area contributed by atoms with Crippen LogP contribution in [0.3, 0.4) is 0 Å². The van der Waals surface area contributed by atoms with Crippen molar-refractivity contribution in [1.82, 2.24) is 15.0 Å². The van der Waals surface area contributed by atoms with Crippen LogP contribution >= 0.6 is 0 Å². The van der Waals surface area contributed by atoms with E-state index in [4.69, 9.17) is 5.73 Å². The van der Waals surface area contributed by atoms with Crippen molar-refractivity contribution in [2.24, 2.45) is 5.73 Å². The van der Waals surface area contributed by atoms with Gasteiger partial charge in [0, 0.05) is 0 Å². The Hall–Kier alpha value is -1.42. The van der Waals surface area contributed by atoms with Gasteiger partial charge in [-0.25, -0.2) is 4.68 Å². The van der Waals surface area contributed by atoms with E-state index < -0.39 is 0 Å².